The average Bonchev–Trinajstić information content (AvgIpc) is 2.68. The van der Waals surface area contributed by atoms with Crippen LogP contribution in [0.2, 0.25) is 0 Å². The molecule has 0 fully saturated rings. The summed E-state index contributed by atoms with van der Waals surface area (Å²) in [6.45, 7) is 0.147. The minimum atomic E-state index is -0.765. The fourth-order valence-electron chi connectivity index (χ4n) is 2.33. The van der Waals surface area contributed by atoms with Gasteiger partial charge >= 0.3 is 11.8 Å². The smallest absolute Gasteiger partial charge is 0.313 e. The minimum Gasteiger partial charge on any atom is -0.497 e. The topological polar surface area (TPSA) is 85.9 Å². The summed E-state index contributed by atoms with van der Waals surface area (Å²) in [5.74, 6) is -0.246. The molecule has 0 saturated heterocycles. The zero-order valence-electron chi connectivity index (χ0n) is 14.9. The van der Waals surface area contributed by atoms with E-state index >= 15 is 0 Å². The molecule has 7 nitrogen and oxygen atoms in total. The molecule has 2 aromatic carbocycles. The molecule has 0 bridgehead atoms. The van der Waals surface area contributed by atoms with Gasteiger partial charge in [0, 0.05) is 25.4 Å². The van der Waals surface area contributed by atoms with Crippen molar-refractivity contribution in [1.82, 2.24) is 5.32 Å². The summed E-state index contributed by atoms with van der Waals surface area (Å²) in [6, 6.07) is 14.1. The number of anilines is 1. The van der Waals surface area contributed by atoms with Gasteiger partial charge in [0.1, 0.15) is 11.5 Å². The van der Waals surface area contributed by atoms with Crippen LogP contribution in [0.15, 0.2) is 48.5 Å². The first-order valence-corrected chi connectivity index (χ1v) is 7.97. The Kier molecular flexibility index (Phi) is 6.99. The molecule has 0 heterocycles. The van der Waals surface area contributed by atoms with Gasteiger partial charge in [0.15, 0.2) is 0 Å². The maximum Gasteiger partial charge on any atom is 0.313 e. The summed E-state index contributed by atoms with van der Waals surface area (Å²) in [6.07, 6.45) is -0.404. The van der Waals surface area contributed by atoms with Crippen molar-refractivity contribution in [2.75, 3.05) is 33.2 Å². The van der Waals surface area contributed by atoms with E-state index in [1.165, 1.54) is 14.2 Å². The van der Waals surface area contributed by atoms with Gasteiger partial charge in [-0.3, -0.25) is 9.59 Å². The maximum atomic E-state index is 12.0. The lowest BCUT2D eigenvalue weighted by Crippen LogP contribution is -2.38. The zero-order valence-corrected chi connectivity index (χ0v) is 14.9. The second-order valence-electron chi connectivity index (χ2n) is 5.40. The van der Waals surface area contributed by atoms with Gasteiger partial charge in [-0.15, -0.1) is 0 Å². The van der Waals surface area contributed by atoms with Gasteiger partial charge in [-0.1, -0.05) is 18.2 Å². The molecule has 0 aliphatic heterocycles. The quantitative estimate of drug-likeness (QED) is 0.741. The van der Waals surface area contributed by atoms with Crippen LogP contribution < -0.4 is 20.1 Å². The lowest BCUT2D eigenvalue weighted by Gasteiger charge is -2.17. The number of hydrogen-bond acceptors (Lipinski definition) is 5. The highest BCUT2D eigenvalue weighted by molar-refractivity contribution is 6.39. The van der Waals surface area contributed by atoms with Gasteiger partial charge in [0.05, 0.1) is 20.3 Å². The Bertz CT molecular complexity index is 763. The fourth-order valence-corrected chi connectivity index (χ4v) is 2.33. The number of benzene rings is 2. The number of rotatable bonds is 7. The molecule has 0 spiro atoms. The third kappa shape index (κ3) is 5.22. The first kappa shape index (κ1) is 19.3. The van der Waals surface area contributed by atoms with Gasteiger partial charge in [-0.05, 0) is 29.8 Å². The van der Waals surface area contributed by atoms with Crippen molar-refractivity contribution in [1.29, 1.82) is 0 Å². The molecule has 2 rings (SSSR count). The number of ether oxygens (including phenoxy) is 3. The molecule has 0 aromatic heterocycles. The highest BCUT2D eigenvalue weighted by Gasteiger charge is 2.17. The van der Waals surface area contributed by atoms with Crippen LogP contribution in [0.5, 0.6) is 11.5 Å². The van der Waals surface area contributed by atoms with E-state index in [1.807, 2.05) is 24.3 Å². The Labute approximate surface area is 152 Å². The van der Waals surface area contributed by atoms with E-state index in [9.17, 15) is 9.59 Å². The second kappa shape index (κ2) is 9.43. The minimum absolute atomic E-state index is 0.147. The van der Waals surface area contributed by atoms with E-state index in [4.69, 9.17) is 14.2 Å². The highest BCUT2D eigenvalue weighted by Crippen LogP contribution is 2.21. The molecule has 2 aromatic rings. The summed E-state index contributed by atoms with van der Waals surface area (Å²) in [5.41, 5.74) is 1.31. The van der Waals surface area contributed by atoms with E-state index in [1.54, 1.807) is 31.4 Å². The van der Waals surface area contributed by atoms with Crippen LogP contribution in [0, 0.1) is 0 Å². The van der Waals surface area contributed by atoms with Crippen molar-refractivity contribution in [3.63, 3.8) is 0 Å². The summed E-state index contributed by atoms with van der Waals surface area (Å²) >= 11 is 0. The maximum absolute atomic E-state index is 12.0. The van der Waals surface area contributed by atoms with Crippen LogP contribution >= 0.6 is 0 Å². The molecule has 0 aliphatic carbocycles. The summed E-state index contributed by atoms with van der Waals surface area (Å²) < 4.78 is 15.7. The number of carbonyl (C=O) groups excluding carboxylic acids is 2. The predicted octanol–water partition coefficient (Wildman–Crippen LogP) is 2.15. The Balaban J connectivity index is 1.93. The number of nitrogens with one attached hydrogen (secondary N) is 2. The molecule has 1 atom stereocenters. The first-order valence-electron chi connectivity index (χ1n) is 7.97. The van der Waals surface area contributed by atoms with E-state index in [0.717, 1.165) is 5.56 Å². The van der Waals surface area contributed by atoms with Crippen LogP contribution in [0.4, 0.5) is 5.69 Å². The highest BCUT2D eigenvalue weighted by atomic mass is 16.5. The predicted molar refractivity (Wildman–Crippen MR) is 97.4 cm³/mol. The fraction of sp³-hybridized carbons (Fsp3) is 0.263. The number of hydrogen-bond donors (Lipinski definition) is 2. The van der Waals surface area contributed by atoms with Gasteiger partial charge in [-0.25, -0.2) is 0 Å². The van der Waals surface area contributed by atoms with Gasteiger partial charge < -0.3 is 24.8 Å². The van der Waals surface area contributed by atoms with Crippen LogP contribution in [-0.2, 0) is 14.3 Å². The number of amides is 2. The SMILES string of the molecule is COc1cccc(NC(=O)C(=O)NCC(OC)c2cccc(OC)c2)c1. The van der Waals surface area contributed by atoms with Gasteiger partial charge in [0.25, 0.3) is 0 Å². The van der Waals surface area contributed by atoms with E-state index in [0.29, 0.717) is 17.2 Å². The van der Waals surface area contributed by atoms with Crippen molar-refractivity contribution in [2.45, 2.75) is 6.10 Å². The molecule has 0 aliphatic rings. The number of methoxy groups -OCH3 is 3. The van der Waals surface area contributed by atoms with Gasteiger partial charge in [-0.2, -0.15) is 0 Å². The molecule has 2 N–H and O–H groups in total. The summed E-state index contributed by atoms with van der Waals surface area (Å²) in [4.78, 5) is 24.1. The standard InChI is InChI=1S/C19H22N2O5/c1-24-15-8-4-6-13(10-15)17(26-3)12-20-18(22)19(23)21-14-7-5-9-16(11-14)25-2/h4-11,17H,12H2,1-3H3,(H,20,22)(H,21,23). The first-order chi connectivity index (χ1) is 12.6. The average molecular weight is 358 g/mol. The molecule has 7 heteroatoms. The molecular weight excluding hydrogens is 336 g/mol. The van der Waals surface area contributed by atoms with Crippen LogP contribution in [0.25, 0.3) is 0 Å². The van der Waals surface area contributed by atoms with Gasteiger partial charge in [0.2, 0.25) is 0 Å². The molecule has 2 amide bonds. The van der Waals surface area contributed by atoms with Crippen molar-refractivity contribution < 1.29 is 23.8 Å². The second-order valence-corrected chi connectivity index (χ2v) is 5.40. The zero-order chi connectivity index (χ0) is 18.9. The third-order valence-corrected chi connectivity index (χ3v) is 3.73. The molecular formula is C19H22N2O5. The van der Waals surface area contributed by atoms with Crippen molar-refractivity contribution in [3.05, 3.63) is 54.1 Å². The molecule has 26 heavy (non-hydrogen) atoms. The molecule has 0 radical (unpaired) electrons. The normalized spacial score (nSPS) is 11.3. The van der Waals surface area contributed by atoms with Crippen molar-refractivity contribution >= 4 is 17.5 Å². The van der Waals surface area contributed by atoms with E-state index in [2.05, 4.69) is 10.6 Å². The third-order valence-electron chi connectivity index (χ3n) is 3.73. The van der Waals surface area contributed by atoms with Crippen LogP contribution in [0.1, 0.15) is 11.7 Å². The van der Waals surface area contributed by atoms with Crippen LogP contribution in [0.3, 0.4) is 0 Å². The van der Waals surface area contributed by atoms with Crippen LogP contribution in [-0.4, -0.2) is 39.7 Å². The van der Waals surface area contributed by atoms with Crippen molar-refractivity contribution in [3.8, 4) is 11.5 Å². The lowest BCUT2D eigenvalue weighted by atomic mass is 10.1. The lowest BCUT2D eigenvalue weighted by molar-refractivity contribution is -0.136. The number of carbonyl (C=O) groups is 2. The van der Waals surface area contributed by atoms with E-state index in [-0.39, 0.29) is 6.54 Å². The largest absolute Gasteiger partial charge is 0.497 e. The Morgan fingerprint density at radius 2 is 1.58 bits per heavy atom. The Hall–Kier alpha value is -3.06. The van der Waals surface area contributed by atoms with Crippen molar-refractivity contribution in [2.24, 2.45) is 0 Å². The monoisotopic (exact) mass is 358 g/mol. The van der Waals surface area contributed by atoms with E-state index < -0.39 is 17.9 Å². The molecule has 1 unspecified atom stereocenters. The molecule has 0 saturated carbocycles. The Morgan fingerprint density at radius 3 is 2.23 bits per heavy atom. The summed E-state index contributed by atoms with van der Waals surface area (Å²) in [7, 11) is 4.63. The Morgan fingerprint density at radius 1 is 0.923 bits per heavy atom. The summed E-state index contributed by atoms with van der Waals surface area (Å²) in [5, 5.41) is 5.09. The molecule has 138 valence electrons.